The zero-order chi connectivity index (χ0) is 12.3. The van der Waals surface area contributed by atoms with Gasteiger partial charge in [-0.05, 0) is 35.9 Å². The predicted octanol–water partition coefficient (Wildman–Crippen LogP) is 2.84. The van der Waals surface area contributed by atoms with Crippen molar-refractivity contribution < 1.29 is 4.74 Å². The molecule has 0 atom stereocenters. The van der Waals surface area contributed by atoms with E-state index in [2.05, 4.69) is 15.2 Å². The molecule has 5 nitrogen and oxygen atoms in total. The van der Waals surface area contributed by atoms with Crippen LogP contribution in [0.25, 0.3) is 0 Å². The van der Waals surface area contributed by atoms with Crippen LogP contribution in [0.3, 0.4) is 0 Å². The number of rotatable bonds is 2. The molecule has 0 saturated carbocycles. The average Bonchev–Trinajstić information content (AvgIpc) is 2.35. The molecule has 0 radical (unpaired) electrons. The van der Waals surface area contributed by atoms with E-state index in [1.807, 2.05) is 6.07 Å². The number of ether oxygens (including phenoxy) is 1. The number of nitrogens with zero attached hydrogens (tertiary/aromatic N) is 4. The molecule has 0 fully saturated rings. The van der Waals surface area contributed by atoms with E-state index in [1.165, 1.54) is 0 Å². The number of aromatic nitrogens is 3. The molecule has 0 spiro atoms. The maximum absolute atomic E-state index is 8.64. The monoisotopic (exact) mass is 266 g/mol. The SMILES string of the molecule is N#Cc1ccc(Oc2nc(Cl)nnc2Cl)cc1. The van der Waals surface area contributed by atoms with E-state index in [9.17, 15) is 0 Å². The van der Waals surface area contributed by atoms with Crippen LogP contribution in [0.2, 0.25) is 10.4 Å². The zero-order valence-electron chi connectivity index (χ0n) is 8.26. The van der Waals surface area contributed by atoms with Gasteiger partial charge in [0, 0.05) is 0 Å². The van der Waals surface area contributed by atoms with Gasteiger partial charge in [-0.25, -0.2) is 0 Å². The minimum Gasteiger partial charge on any atom is -0.436 e. The number of hydrogen-bond donors (Lipinski definition) is 0. The molecule has 0 aliphatic heterocycles. The Labute approximate surface area is 107 Å². The van der Waals surface area contributed by atoms with Crippen LogP contribution in [0.4, 0.5) is 0 Å². The number of hydrogen-bond acceptors (Lipinski definition) is 5. The smallest absolute Gasteiger partial charge is 0.262 e. The van der Waals surface area contributed by atoms with E-state index in [1.54, 1.807) is 24.3 Å². The third-order valence-corrected chi connectivity index (χ3v) is 2.19. The van der Waals surface area contributed by atoms with Crippen LogP contribution in [0.5, 0.6) is 11.6 Å². The molecule has 0 bridgehead atoms. The molecule has 84 valence electrons. The van der Waals surface area contributed by atoms with Gasteiger partial charge in [0.05, 0.1) is 11.6 Å². The first-order chi connectivity index (χ1) is 8.19. The van der Waals surface area contributed by atoms with Crippen molar-refractivity contribution in [2.45, 2.75) is 0 Å². The molecule has 0 N–H and O–H groups in total. The van der Waals surface area contributed by atoms with Gasteiger partial charge >= 0.3 is 0 Å². The van der Waals surface area contributed by atoms with E-state index in [0.717, 1.165) is 0 Å². The second-order valence-corrected chi connectivity index (χ2v) is 3.61. The maximum atomic E-state index is 8.64. The van der Waals surface area contributed by atoms with Gasteiger partial charge in [0.25, 0.3) is 5.88 Å². The minimum absolute atomic E-state index is 0.0127. The lowest BCUT2D eigenvalue weighted by Gasteiger charge is -2.04. The topological polar surface area (TPSA) is 71.7 Å². The largest absolute Gasteiger partial charge is 0.436 e. The van der Waals surface area contributed by atoms with Crippen molar-refractivity contribution in [2.24, 2.45) is 0 Å². The molecule has 2 aromatic rings. The van der Waals surface area contributed by atoms with E-state index in [4.69, 9.17) is 33.2 Å². The molecule has 0 aliphatic carbocycles. The Morgan fingerprint density at radius 3 is 2.47 bits per heavy atom. The van der Waals surface area contributed by atoms with Crippen molar-refractivity contribution in [2.75, 3.05) is 0 Å². The molecule has 1 heterocycles. The van der Waals surface area contributed by atoms with Gasteiger partial charge in [-0.3, -0.25) is 0 Å². The highest BCUT2D eigenvalue weighted by molar-refractivity contribution is 6.31. The second-order valence-electron chi connectivity index (χ2n) is 2.92. The number of benzene rings is 1. The minimum atomic E-state index is -0.0574. The van der Waals surface area contributed by atoms with Crippen LogP contribution in [0.15, 0.2) is 24.3 Å². The molecule has 1 aromatic heterocycles. The first-order valence-corrected chi connectivity index (χ1v) is 5.18. The van der Waals surface area contributed by atoms with E-state index >= 15 is 0 Å². The predicted molar refractivity (Wildman–Crippen MR) is 61.1 cm³/mol. The molecule has 17 heavy (non-hydrogen) atoms. The van der Waals surface area contributed by atoms with Gasteiger partial charge in [-0.2, -0.15) is 10.2 Å². The van der Waals surface area contributed by atoms with Crippen molar-refractivity contribution in [1.82, 2.24) is 15.2 Å². The second kappa shape index (κ2) is 4.95. The summed E-state index contributed by atoms with van der Waals surface area (Å²) in [7, 11) is 0. The van der Waals surface area contributed by atoms with Crippen molar-refractivity contribution in [1.29, 1.82) is 5.26 Å². The molecule has 0 unspecified atom stereocenters. The van der Waals surface area contributed by atoms with Gasteiger partial charge < -0.3 is 4.74 Å². The summed E-state index contributed by atoms with van der Waals surface area (Å²) in [6.07, 6.45) is 0. The fraction of sp³-hybridized carbons (Fsp3) is 0. The Morgan fingerprint density at radius 2 is 1.82 bits per heavy atom. The van der Waals surface area contributed by atoms with Crippen LogP contribution in [0, 0.1) is 11.3 Å². The summed E-state index contributed by atoms with van der Waals surface area (Å²) in [6.45, 7) is 0. The normalized spacial score (nSPS) is 9.71. The van der Waals surface area contributed by atoms with Crippen molar-refractivity contribution >= 4 is 23.2 Å². The van der Waals surface area contributed by atoms with Crippen LogP contribution < -0.4 is 4.74 Å². The Balaban J connectivity index is 2.25. The maximum Gasteiger partial charge on any atom is 0.262 e. The molecule has 0 amide bonds. The summed E-state index contributed by atoms with van der Waals surface area (Å²) >= 11 is 11.3. The lowest BCUT2D eigenvalue weighted by molar-refractivity contribution is 0.457. The third kappa shape index (κ3) is 2.81. The molecular formula is C10H4Cl2N4O. The molecule has 0 aliphatic rings. The van der Waals surface area contributed by atoms with Crippen molar-refractivity contribution in [3.63, 3.8) is 0 Å². The Hall–Kier alpha value is -1.90. The third-order valence-electron chi connectivity index (χ3n) is 1.79. The Morgan fingerprint density at radius 1 is 1.12 bits per heavy atom. The van der Waals surface area contributed by atoms with Gasteiger partial charge in [-0.15, -0.1) is 10.2 Å². The van der Waals surface area contributed by atoms with Crippen molar-refractivity contribution in [3.8, 4) is 17.7 Å². The summed E-state index contributed by atoms with van der Waals surface area (Å²) in [6, 6.07) is 8.45. The van der Waals surface area contributed by atoms with Crippen LogP contribution in [-0.2, 0) is 0 Å². The molecule has 1 aromatic carbocycles. The quantitative estimate of drug-likeness (QED) is 0.836. The van der Waals surface area contributed by atoms with Gasteiger partial charge in [0.2, 0.25) is 10.4 Å². The van der Waals surface area contributed by atoms with E-state index < -0.39 is 0 Å². The summed E-state index contributed by atoms with van der Waals surface area (Å²) in [5, 5.41) is 15.6. The lowest BCUT2D eigenvalue weighted by atomic mass is 10.2. The van der Waals surface area contributed by atoms with Gasteiger partial charge in [0.15, 0.2) is 0 Å². The fourth-order valence-corrected chi connectivity index (χ4v) is 1.29. The van der Waals surface area contributed by atoms with E-state index in [-0.39, 0.29) is 16.3 Å². The fourth-order valence-electron chi connectivity index (χ4n) is 1.05. The molecule has 7 heteroatoms. The standard InChI is InChI=1S/C10H4Cl2N4O/c11-8-9(14-10(12)16-15-8)17-7-3-1-6(5-13)2-4-7/h1-4H. The van der Waals surface area contributed by atoms with Crippen LogP contribution in [-0.4, -0.2) is 15.2 Å². The summed E-state index contributed by atoms with van der Waals surface area (Å²) in [5.74, 6) is 0.541. The van der Waals surface area contributed by atoms with Gasteiger partial charge in [-0.1, -0.05) is 11.6 Å². The Bertz CT molecular complexity index is 580. The molecular weight excluding hydrogens is 263 g/mol. The highest BCUT2D eigenvalue weighted by Gasteiger charge is 2.08. The lowest BCUT2D eigenvalue weighted by Crippen LogP contribution is -1.94. The summed E-state index contributed by atoms with van der Waals surface area (Å²) < 4.78 is 5.35. The number of nitriles is 1. The van der Waals surface area contributed by atoms with Crippen LogP contribution in [0.1, 0.15) is 5.56 Å². The van der Waals surface area contributed by atoms with Gasteiger partial charge in [0.1, 0.15) is 5.75 Å². The van der Waals surface area contributed by atoms with Crippen LogP contribution >= 0.6 is 23.2 Å². The Kier molecular flexibility index (Phi) is 3.38. The molecule has 0 saturated heterocycles. The van der Waals surface area contributed by atoms with Crippen molar-refractivity contribution in [3.05, 3.63) is 40.3 Å². The molecule has 2 rings (SSSR count). The summed E-state index contributed by atoms with van der Waals surface area (Å²) in [4.78, 5) is 3.78. The number of halogens is 2. The highest BCUT2D eigenvalue weighted by atomic mass is 35.5. The first-order valence-electron chi connectivity index (χ1n) is 4.43. The highest BCUT2D eigenvalue weighted by Crippen LogP contribution is 2.25. The summed E-state index contributed by atoms with van der Waals surface area (Å²) in [5.41, 5.74) is 0.530. The van der Waals surface area contributed by atoms with E-state index in [0.29, 0.717) is 11.3 Å². The average molecular weight is 267 g/mol. The first kappa shape index (κ1) is 11.6. The zero-order valence-corrected chi connectivity index (χ0v) is 9.77.